The van der Waals surface area contributed by atoms with Gasteiger partial charge in [-0.25, -0.2) is 0 Å². The van der Waals surface area contributed by atoms with Gasteiger partial charge in [0.05, 0.1) is 18.6 Å². The Morgan fingerprint density at radius 1 is 0.708 bits per heavy atom. The highest BCUT2D eigenvalue weighted by molar-refractivity contribution is 6.03. The molecule has 2 aromatic rings. The van der Waals surface area contributed by atoms with E-state index in [4.69, 9.17) is 0 Å². The van der Waals surface area contributed by atoms with Crippen molar-refractivity contribution in [2.24, 2.45) is 0 Å². The molecule has 2 aliphatic heterocycles. The number of carbonyl (C=O) groups is 2. The summed E-state index contributed by atoms with van der Waals surface area (Å²) < 4.78 is 0. The van der Waals surface area contributed by atoms with Gasteiger partial charge in [0.25, 0.3) is 0 Å². The summed E-state index contributed by atoms with van der Waals surface area (Å²) in [5.74, 6) is -0.0953. The molecule has 0 N–H and O–H groups in total. The highest BCUT2D eigenvalue weighted by Gasteiger charge is 2.50. The fraction of sp³-hybridized carbons (Fsp3) is 0.300. The van der Waals surface area contributed by atoms with Crippen LogP contribution in [0.1, 0.15) is 24.0 Å². The summed E-state index contributed by atoms with van der Waals surface area (Å²) in [5.41, 5.74) is 2.14. The molecule has 0 aromatic heterocycles. The first kappa shape index (κ1) is 15.1. The van der Waals surface area contributed by atoms with Crippen LogP contribution in [0.25, 0.3) is 0 Å². The lowest BCUT2D eigenvalue weighted by atomic mass is 10.1. The predicted molar refractivity (Wildman–Crippen MR) is 90.8 cm³/mol. The van der Waals surface area contributed by atoms with Crippen LogP contribution in [0.4, 0.5) is 0 Å². The Balaban J connectivity index is 1.55. The molecular formula is C20H20N2O2. The summed E-state index contributed by atoms with van der Waals surface area (Å²) in [6, 6.07) is 19.4. The number of piperazine rings is 1. The molecule has 0 saturated carbocycles. The molecule has 122 valence electrons. The molecule has 2 heterocycles. The van der Waals surface area contributed by atoms with Gasteiger partial charge in [-0.05, 0) is 24.0 Å². The Bertz CT molecular complexity index is 721. The average molecular weight is 320 g/mol. The fourth-order valence-electron chi connectivity index (χ4n) is 3.80. The Morgan fingerprint density at radius 3 is 1.67 bits per heavy atom. The minimum absolute atomic E-state index is 0.0477. The number of nitrogens with zero attached hydrogens (tertiary/aromatic N) is 2. The molecule has 4 nitrogen and oxygen atoms in total. The second-order valence-electron chi connectivity index (χ2n) is 6.52. The van der Waals surface area contributed by atoms with E-state index in [-0.39, 0.29) is 23.9 Å². The van der Waals surface area contributed by atoms with E-state index in [1.54, 1.807) is 0 Å². The molecule has 4 rings (SSSR count). The minimum atomic E-state index is -0.170. The largest absolute Gasteiger partial charge is 0.276 e. The van der Waals surface area contributed by atoms with Crippen LogP contribution in [-0.4, -0.2) is 33.7 Å². The summed E-state index contributed by atoms with van der Waals surface area (Å²) in [4.78, 5) is 29.3. The number of fused-ring (bicyclic) bond motifs is 2. The summed E-state index contributed by atoms with van der Waals surface area (Å²) in [6.07, 6.45) is 1.54. The summed E-state index contributed by atoms with van der Waals surface area (Å²) in [7, 11) is 0. The lowest BCUT2D eigenvalue weighted by molar-refractivity contribution is -0.158. The molecule has 2 atom stereocenters. The Hall–Kier alpha value is -2.46. The van der Waals surface area contributed by atoms with E-state index in [0.717, 1.165) is 24.0 Å². The van der Waals surface area contributed by atoms with Gasteiger partial charge in [-0.3, -0.25) is 19.4 Å². The number of amides is 2. The molecule has 2 aliphatic rings. The van der Waals surface area contributed by atoms with Crippen molar-refractivity contribution < 1.29 is 9.59 Å². The van der Waals surface area contributed by atoms with Gasteiger partial charge < -0.3 is 0 Å². The molecule has 2 saturated heterocycles. The number of carbonyl (C=O) groups excluding carboxylic acids is 2. The number of benzene rings is 2. The number of hydrogen-bond donors (Lipinski definition) is 0. The normalized spacial score (nSPS) is 23.8. The van der Waals surface area contributed by atoms with Gasteiger partial charge in [-0.2, -0.15) is 0 Å². The van der Waals surface area contributed by atoms with Crippen molar-refractivity contribution in [3.8, 4) is 0 Å². The lowest BCUT2D eigenvalue weighted by Gasteiger charge is -2.38. The molecule has 4 heteroatoms. The maximum absolute atomic E-state index is 12.9. The highest BCUT2D eigenvalue weighted by Crippen LogP contribution is 2.34. The van der Waals surface area contributed by atoms with E-state index in [0.29, 0.717) is 13.1 Å². The van der Waals surface area contributed by atoms with Gasteiger partial charge in [0.2, 0.25) is 11.8 Å². The van der Waals surface area contributed by atoms with Crippen molar-refractivity contribution in [1.29, 1.82) is 0 Å². The van der Waals surface area contributed by atoms with E-state index >= 15 is 0 Å². The first-order chi connectivity index (χ1) is 11.7. The monoisotopic (exact) mass is 320 g/mol. The molecule has 2 unspecified atom stereocenters. The summed E-state index contributed by atoms with van der Waals surface area (Å²) in [6.45, 7) is 1.04. The first-order valence-corrected chi connectivity index (χ1v) is 8.43. The van der Waals surface area contributed by atoms with Crippen LogP contribution in [0.15, 0.2) is 60.7 Å². The Labute approximate surface area is 141 Å². The standard InChI is InChI=1S/C20H20N2O2/c23-19-17-11-12-18(21(17)13-15-7-3-1-4-8-15)20(24)22(19)14-16-9-5-2-6-10-16/h1-10,17-18H,11-14H2. The molecule has 24 heavy (non-hydrogen) atoms. The third-order valence-electron chi connectivity index (χ3n) is 5.01. The zero-order chi connectivity index (χ0) is 16.5. The van der Waals surface area contributed by atoms with Gasteiger partial charge >= 0.3 is 0 Å². The van der Waals surface area contributed by atoms with E-state index in [1.807, 2.05) is 60.7 Å². The number of rotatable bonds is 4. The molecule has 0 spiro atoms. The second-order valence-corrected chi connectivity index (χ2v) is 6.52. The van der Waals surface area contributed by atoms with E-state index in [9.17, 15) is 9.59 Å². The molecule has 2 aromatic carbocycles. The van der Waals surface area contributed by atoms with Crippen LogP contribution in [0.3, 0.4) is 0 Å². The van der Waals surface area contributed by atoms with Crippen molar-refractivity contribution in [1.82, 2.24) is 9.80 Å². The molecular weight excluding hydrogens is 300 g/mol. The lowest BCUT2D eigenvalue weighted by Crippen LogP contribution is -2.59. The number of likely N-dealkylation sites (tertiary alicyclic amines) is 1. The first-order valence-electron chi connectivity index (χ1n) is 8.43. The zero-order valence-electron chi connectivity index (χ0n) is 13.5. The van der Waals surface area contributed by atoms with Crippen molar-refractivity contribution in [2.45, 2.75) is 38.0 Å². The number of imide groups is 1. The van der Waals surface area contributed by atoms with Crippen molar-refractivity contribution in [2.75, 3.05) is 0 Å². The Kier molecular flexibility index (Phi) is 3.90. The van der Waals surface area contributed by atoms with Crippen molar-refractivity contribution in [3.05, 3.63) is 71.8 Å². The third kappa shape index (κ3) is 2.63. The van der Waals surface area contributed by atoms with Crippen molar-refractivity contribution >= 4 is 11.8 Å². The van der Waals surface area contributed by atoms with E-state index in [2.05, 4.69) is 4.90 Å². The quantitative estimate of drug-likeness (QED) is 0.813. The van der Waals surface area contributed by atoms with Gasteiger partial charge in [0.15, 0.2) is 0 Å². The topological polar surface area (TPSA) is 40.6 Å². The molecule has 2 bridgehead atoms. The second kappa shape index (κ2) is 6.21. The SMILES string of the molecule is O=C1C2CCC(C(=O)N1Cc1ccccc1)N2Cc1ccccc1. The maximum Gasteiger partial charge on any atom is 0.246 e. The van der Waals surface area contributed by atoms with Gasteiger partial charge in [-0.1, -0.05) is 60.7 Å². The van der Waals surface area contributed by atoms with Crippen LogP contribution >= 0.6 is 0 Å². The Morgan fingerprint density at radius 2 is 1.17 bits per heavy atom. The van der Waals surface area contributed by atoms with Gasteiger partial charge in [0.1, 0.15) is 0 Å². The zero-order valence-corrected chi connectivity index (χ0v) is 13.5. The van der Waals surface area contributed by atoms with Crippen LogP contribution in [0.5, 0.6) is 0 Å². The smallest absolute Gasteiger partial charge is 0.246 e. The fourth-order valence-corrected chi connectivity index (χ4v) is 3.80. The summed E-state index contributed by atoms with van der Waals surface area (Å²) in [5, 5.41) is 0. The van der Waals surface area contributed by atoms with E-state index in [1.165, 1.54) is 4.90 Å². The predicted octanol–water partition coefficient (Wildman–Crippen LogP) is 2.59. The van der Waals surface area contributed by atoms with Crippen molar-refractivity contribution in [3.63, 3.8) is 0 Å². The van der Waals surface area contributed by atoms with Crippen LogP contribution in [0.2, 0.25) is 0 Å². The molecule has 2 fully saturated rings. The molecule has 0 aliphatic carbocycles. The molecule has 0 radical (unpaired) electrons. The maximum atomic E-state index is 12.9. The van der Waals surface area contributed by atoms with Gasteiger partial charge in [-0.15, -0.1) is 0 Å². The highest BCUT2D eigenvalue weighted by atomic mass is 16.2. The van der Waals surface area contributed by atoms with Gasteiger partial charge in [0, 0.05) is 6.54 Å². The van der Waals surface area contributed by atoms with Crippen LogP contribution in [0, 0.1) is 0 Å². The summed E-state index contributed by atoms with van der Waals surface area (Å²) >= 11 is 0. The third-order valence-corrected chi connectivity index (χ3v) is 5.01. The van der Waals surface area contributed by atoms with E-state index < -0.39 is 0 Å². The van der Waals surface area contributed by atoms with Crippen LogP contribution in [-0.2, 0) is 22.7 Å². The average Bonchev–Trinajstić information content (AvgIpc) is 2.98. The van der Waals surface area contributed by atoms with Crippen LogP contribution < -0.4 is 0 Å². The minimum Gasteiger partial charge on any atom is -0.276 e. The number of hydrogen-bond acceptors (Lipinski definition) is 3. The molecule has 2 amide bonds.